The molecule has 0 aliphatic carbocycles. The Hall–Kier alpha value is -1.33. The van der Waals surface area contributed by atoms with Gasteiger partial charge in [-0.15, -0.1) is 0 Å². The molecule has 0 radical (unpaired) electrons. The molecule has 17 heavy (non-hydrogen) atoms. The third kappa shape index (κ3) is 2.68. The van der Waals surface area contributed by atoms with Gasteiger partial charge in [-0.2, -0.15) is 0 Å². The molecule has 0 aromatic carbocycles. The van der Waals surface area contributed by atoms with Crippen LogP contribution in [-0.4, -0.2) is 23.9 Å². The lowest BCUT2D eigenvalue weighted by atomic mass is 9.93. The van der Waals surface area contributed by atoms with Crippen molar-refractivity contribution in [3.63, 3.8) is 0 Å². The number of carbonyl (C=O) groups excluding carboxylic acids is 1. The van der Waals surface area contributed by atoms with E-state index in [1.165, 1.54) is 12.7 Å². The molecular weight excluding hydrogens is 218 g/mol. The minimum absolute atomic E-state index is 0.299. The number of nitrogens with one attached hydrogen (secondary N) is 1. The van der Waals surface area contributed by atoms with Gasteiger partial charge in [-0.25, -0.2) is 5.84 Å². The van der Waals surface area contributed by atoms with Crippen molar-refractivity contribution >= 4 is 5.91 Å². The predicted molar refractivity (Wildman–Crippen MR) is 64.0 cm³/mol. The van der Waals surface area contributed by atoms with Gasteiger partial charge < -0.3 is 4.42 Å². The van der Waals surface area contributed by atoms with Crippen LogP contribution in [0.3, 0.4) is 0 Å². The van der Waals surface area contributed by atoms with Gasteiger partial charge in [-0.1, -0.05) is 13.8 Å². The highest BCUT2D eigenvalue weighted by atomic mass is 16.3. The fourth-order valence-corrected chi connectivity index (χ4v) is 2.31. The van der Waals surface area contributed by atoms with Crippen molar-refractivity contribution < 1.29 is 9.21 Å². The standard InChI is InChI=1S/C12H19N3O2/c1-12(2)4-5-15(8-12)7-10-9(3-6-17-10)11(16)14-13/h3,6H,4-5,7-8,13H2,1-2H3,(H,14,16). The normalized spacial score (nSPS) is 19.5. The first-order valence-corrected chi connectivity index (χ1v) is 5.81. The van der Waals surface area contributed by atoms with Crippen molar-refractivity contribution in [3.8, 4) is 0 Å². The van der Waals surface area contributed by atoms with E-state index >= 15 is 0 Å². The minimum atomic E-state index is -0.299. The van der Waals surface area contributed by atoms with Crippen molar-refractivity contribution in [2.24, 2.45) is 11.3 Å². The predicted octanol–water partition coefficient (Wildman–Crippen LogP) is 1.12. The van der Waals surface area contributed by atoms with Crippen LogP contribution in [0.1, 0.15) is 36.4 Å². The molecule has 0 unspecified atom stereocenters. The quantitative estimate of drug-likeness (QED) is 0.469. The summed E-state index contributed by atoms with van der Waals surface area (Å²) in [6.07, 6.45) is 2.70. The van der Waals surface area contributed by atoms with E-state index in [-0.39, 0.29) is 5.91 Å². The zero-order chi connectivity index (χ0) is 12.5. The molecule has 0 spiro atoms. The molecule has 1 aliphatic rings. The maximum Gasteiger partial charge on any atom is 0.268 e. The average Bonchev–Trinajstić information content (AvgIpc) is 2.85. The van der Waals surface area contributed by atoms with Gasteiger partial charge >= 0.3 is 0 Å². The molecule has 1 aliphatic heterocycles. The van der Waals surface area contributed by atoms with Gasteiger partial charge in [-0.3, -0.25) is 15.1 Å². The number of hydrogen-bond acceptors (Lipinski definition) is 4. The van der Waals surface area contributed by atoms with Gasteiger partial charge in [0.1, 0.15) is 5.76 Å². The van der Waals surface area contributed by atoms with Gasteiger partial charge in [0.25, 0.3) is 5.91 Å². The Morgan fingerprint density at radius 1 is 1.65 bits per heavy atom. The summed E-state index contributed by atoms with van der Waals surface area (Å²) in [5.74, 6) is 5.52. The molecule has 2 heterocycles. The molecule has 0 saturated carbocycles. The summed E-state index contributed by atoms with van der Waals surface area (Å²) >= 11 is 0. The SMILES string of the molecule is CC1(C)CCN(Cc2occc2C(=O)NN)C1. The lowest BCUT2D eigenvalue weighted by Crippen LogP contribution is -2.31. The van der Waals surface area contributed by atoms with Crippen molar-refractivity contribution in [3.05, 3.63) is 23.7 Å². The Kier molecular flexibility index (Phi) is 3.22. The first kappa shape index (κ1) is 12.1. The number of amides is 1. The smallest absolute Gasteiger partial charge is 0.268 e. The number of nitrogen functional groups attached to an aromatic ring is 1. The van der Waals surface area contributed by atoms with Gasteiger partial charge in [0, 0.05) is 6.54 Å². The number of nitrogens with zero attached hydrogens (tertiary/aromatic N) is 1. The first-order chi connectivity index (χ1) is 8.02. The lowest BCUT2D eigenvalue weighted by molar-refractivity contribution is 0.0950. The second kappa shape index (κ2) is 4.50. The second-order valence-electron chi connectivity index (χ2n) is 5.36. The Balaban J connectivity index is 2.05. The number of likely N-dealkylation sites (tertiary alicyclic amines) is 1. The molecule has 0 bridgehead atoms. The van der Waals surface area contributed by atoms with Gasteiger partial charge in [0.15, 0.2) is 0 Å². The summed E-state index contributed by atoms with van der Waals surface area (Å²) in [6, 6.07) is 1.65. The topological polar surface area (TPSA) is 71.5 Å². The molecule has 1 fully saturated rings. The largest absolute Gasteiger partial charge is 0.467 e. The summed E-state index contributed by atoms with van der Waals surface area (Å²) < 4.78 is 5.36. The molecule has 5 heteroatoms. The van der Waals surface area contributed by atoms with Gasteiger partial charge in [0.05, 0.1) is 18.4 Å². The van der Waals surface area contributed by atoms with E-state index in [2.05, 4.69) is 24.2 Å². The molecule has 1 aromatic rings. The van der Waals surface area contributed by atoms with Crippen molar-refractivity contribution in [1.82, 2.24) is 10.3 Å². The molecule has 1 aromatic heterocycles. The Morgan fingerprint density at radius 3 is 3.00 bits per heavy atom. The van der Waals surface area contributed by atoms with Gasteiger partial charge in [-0.05, 0) is 24.4 Å². The summed E-state index contributed by atoms with van der Waals surface area (Å²) in [7, 11) is 0. The van der Waals surface area contributed by atoms with Crippen LogP contribution in [0.2, 0.25) is 0 Å². The van der Waals surface area contributed by atoms with E-state index in [0.29, 0.717) is 23.3 Å². The van der Waals surface area contributed by atoms with Crippen LogP contribution in [-0.2, 0) is 6.54 Å². The number of rotatable bonds is 3. The number of carbonyl (C=O) groups is 1. The van der Waals surface area contributed by atoms with Crippen LogP contribution in [0.5, 0.6) is 0 Å². The minimum Gasteiger partial charge on any atom is -0.467 e. The Labute approximate surface area is 101 Å². The fourth-order valence-electron chi connectivity index (χ4n) is 2.31. The zero-order valence-electron chi connectivity index (χ0n) is 10.3. The second-order valence-corrected chi connectivity index (χ2v) is 5.36. The van der Waals surface area contributed by atoms with Crippen molar-refractivity contribution in [1.29, 1.82) is 0 Å². The number of nitrogens with two attached hydrogens (primary N) is 1. The number of furan rings is 1. The molecular formula is C12H19N3O2. The van der Waals surface area contributed by atoms with Crippen molar-refractivity contribution in [2.45, 2.75) is 26.8 Å². The molecule has 1 saturated heterocycles. The highest BCUT2D eigenvalue weighted by Crippen LogP contribution is 2.30. The molecule has 3 N–H and O–H groups in total. The molecule has 0 atom stereocenters. The Morgan fingerprint density at radius 2 is 2.41 bits per heavy atom. The third-order valence-corrected chi connectivity index (χ3v) is 3.24. The van der Waals surface area contributed by atoms with E-state index in [1.807, 2.05) is 0 Å². The maximum absolute atomic E-state index is 11.5. The van der Waals surface area contributed by atoms with E-state index < -0.39 is 0 Å². The highest BCUT2D eigenvalue weighted by molar-refractivity contribution is 5.94. The molecule has 2 rings (SSSR count). The first-order valence-electron chi connectivity index (χ1n) is 5.81. The molecule has 94 valence electrons. The highest BCUT2D eigenvalue weighted by Gasteiger charge is 2.30. The van der Waals surface area contributed by atoms with Gasteiger partial charge in [0.2, 0.25) is 0 Å². The van der Waals surface area contributed by atoms with Crippen molar-refractivity contribution in [2.75, 3.05) is 13.1 Å². The van der Waals surface area contributed by atoms with E-state index in [9.17, 15) is 4.79 Å². The fraction of sp³-hybridized carbons (Fsp3) is 0.583. The Bertz CT molecular complexity index is 412. The summed E-state index contributed by atoms with van der Waals surface area (Å²) in [4.78, 5) is 13.8. The van der Waals surface area contributed by atoms with Crippen LogP contribution < -0.4 is 11.3 Å². The van der Waals surface area contributed by atoms with E-state index in [1.54, 1.807) is 6.07 Å². The van der Waals surface area contributed by atoms with Crippen LogP contribution in [0.25, 0.3) is 0 Å². The molecule has 1 amide bonds. The summed E-state index contributed by atoms with van der Waals surface area (Å²) in [6.45, 7) is 7.24. The van der Waals surface area contributed by atoms with Crippen LogP contribution in [0.15, 0.2) is 16.7 Å². The van der Waals surface area contributed by atoms with E-state index in [4.69, 9.17) is 10.3 Å². The zero-order valence-corrected chi connectivity index (χ0v) is 10.3. The van der Waals surface area contributed by atoms with Crippen LogP contribution in [0, 0.1) is 5.41 Å². The number of hydrogen-bond donors (Lipinski definition) is 2. The number of hydrazine groups is 1. The third-order valence-electron chi connectivity index (χ3n) is 3.24. The van der Waals surface area contributed by atoms with E-state index in [0.717, 1.165) is 13.1 Å². The average molecular weight is 237 g/mol. The molecule has 5 nitrogen and oxygen atoms in total. The lowest BCUT2D eigenvalue weighted by Gasteiger charge is -2.18. The summed E-state index contributed by atoms with van der Waals surface area (Å²) in [5, 5.41) is 0. The van der Waals surface area contributed by atoms with Crippen LogP contribution >= 0.6 is 0 Å². The monoisotopic (exact) mass is 237 g/mol. The maximum atomic E-state index is 11.5. The van der Waals surface area contributed by atoms with Crippen LogP contribution in [0.4, 0.5) is 0 Å². The summed E-state index contributed by atoms with van der Waals surface area (Å²) in [5.41, 5.74) is 3.01.